The summed E-state index contributed by atoms with van der Waals surface area (Å²) >= 11 is 0. The van der Waals surface area contributed by atoms with E-state index in [2.05, 4.69) is 31.8 Å². The van der Waals surface area contributed by atoms with Crippen LogP contribution in [0.25, 0.3) is 0 Å². The third-order valence-corrected chi connectivity index (χ3v) is 7.28. The fourth-order valence-electron chi connectivity index (χ4n) is 1.99. The normalized spacial score (nSPS) is 12.9. The molecule has 0 aromatic heterocycles. The van der Waals surface area contributed by atoms with Gasteiger partial charge in [-0.15, -0.1) is 6.58 Å². The quantitative estimate of drug-likeness (QED) is 0.602. The second-order valence-electron chi connectivity index (χ2n) is 4.99. The predicted octanol–water partition coefficient (Wildman–Crippen LogP) is 2.90. The lowest BCUT2D eigenvalue weighted by atomic mass is 10.2. The van der Waals surface area contributed by atoms with Crippen molar-refractivity contribution < 1.29 is 9.53 Å². The van der Waals surface area contributed by atoms with Crippen LogP contribution in [0.2, 0.25) is 13.1 Å². The van der Waals surface area contributed by atoms with Crippen LogP contribution in [0, 0.1) is 5.92 Å². The molecule has 1 aromatic carbocycles. The molecule has 3 heteroatoms. The van der Waals surface area contributed by atoms with Gasteiger partial charge in [-0.3, -0.25) is 4.79 Å². The first-order chi connectivity index (χ1) is 8.41. The van der Waals surface area contributed by atoms with Crippen molar-refractivity contribution in [2.24, 2.45) is 5.92 Å². The number of hydrogen-bond acceptors (Lipinski definition) is 2. The van der Waals surface area contributed by atoms with E-state index < -0.39 is 8.07 Å². The summed E-state index contributed by atoms with van der Waals surface area (Å²) in [5.74, 6) is -0.397. The van der Waals surface area contributed by atoms with E-state index in [1.807, 2.05) is 32.0 Å². The van der Waals surface area contributed by atoms with Crippen LogP contribution in [-0.4, -0.2) is 20.7 Å². The van der Waals surface area contributed by atoms with Crippen molar-refractivity contribution in [2.45, 2.75) is 26.9 Å². The third-order valence-electron chi connectivity index (χ3n) is 3.46. The van der Waals surface area contributed by atoms with Crippen LogP contribution >= 0.6 is 0 Å². The van der Waals surface area contributed by atoms with Crippen LogP contribution in [-0.2, 0) is 9.53 Å². The summed E-state index contributed by atoms with van der Waals surface area (Å²) in [5, 5.41) is 2.32. The van der Waals surface area contributed by atoms with Crippen LogP contribution in [0.3, 0.4) is 0 Å². The van der Waals surface area contributed by atoms with Crippen LogP contribution in [0.5, 0.6) is 0 Å². The Morgan fingerprint density at radius 2 is 1.89 bits per heavy atom. The average molecular weight is 262 g/mol. The van der Waals surface area contributed by atoms with Gasteiger partial charge in [0.05, 0.1) is 12.5 Å². The molecule has 18 heavy (non-hydrogen) atoms. The monoisotopic (exact) mass is 262 g/mol. The largest absolute Gasteiger partial charge is 0.466 e. The van der Waals surface area contributed by atoms with Crippen molar-refractivity contribution in [3.63, 3.8) is 0 Å². The van der Waals surface area contributed by atoms with Gasteiger partial charge < -0.3 is 4.74 Å². The number of carbonyl (C=O) groups is 1. The second kappa shape index (κ2) is 6.00. The number of carbonyl (C=O) groups excluding carboxylic acids is 1. The molecule has 0 heterocycles. The Balaban J connectivity index is 2.92. The minimum Gasteiger partial charge on any atom is -0.466 e. The number of esters is 1. The molecule has 0 saturated heterocycles. The molecule has 1 rings (SSSR count). The molecule has 0 saturated carbocycles. The van der Waals surface area contributed by atoms with Gasteiger partial charge in [0, 0.05) is 0 Å². The van der Waals surface area contributed by atoms with E-state index in [0.29, 0.717) is 6.61 Å². The van der Waals surface area contributed by atoms with Crippen molar-refractivity contribution in [2.75, 3.05) is 6.61 Å². The van der Waals surface area contributed by atoms with Gasteiger partial charge in [0.25, 0.3) is 0 Å². The molecule has 0 aliphatic rings. The first kappa shape index (κ1) is 14.7. The SMILES string of the molecule is C=C(C(C)C(=O)OCC)[Si](C)(C)c1ccccc1. The van der Waals surface area contributed by atoms with Crippen molar-refractivity contribution in [1.82, 2.24) is 0 Å². The first-order valence-electron chi connectivity index (χ1n) is 6.32. The Hall–Kier alpha value is -1.35. The molecule has 0 N–H and O–H groups in total. The van der Waals surface area contributed by atoms with E-state index in [-0.39, 0.29) is 11.9 Å². The Labute approximate surface area is 111 Å². The van der Waals surface area contributed by atoms with E-state index >= 15 is 0 Å². The molecule has 1 aromatic rings. The summed E-state index contributed by atoms with van der Waals surface area (Å²) in [6.45, 7) is 12.7. The van der Waals surface area contributed by atoms with Crippen molar-refractivity contribution in [3.8, 4) is 0 Å². The Morgan fingerprint density at radius 3 is 2.39 bits per heavy atom. The minimum absolute atomic E-state index is 0.168. The van der Waals surface area contributed by atoms with Gasteiger partial charge in [0.15, 0.2) is 0 Å². The van der Waals surface area contributed by atoms with Gasteiger partial charge in [-0.2, -0.15) is 0 Å². The van der Waals surface area contributed by atoms with Gasteiger partial charge in [-0.1, -0.05) is 53.8 Å². The first-order valence-corrected chi connectivity index (χ1v) is 9.32. The lowest BCUT2D eigenvalue weighted by Gasteiger charge is -2.29. The summed E-state index contributed by atoms with van der Waals surface area (Å²) in [4.78, 5) is 11.8. The molecule has 0 bridgehead atoms. The minimum atomic E-state index is -1.83. The van der Waals surface area contributed by atoms with Crippen LogP contribution in [0.15, 0.2) is 42.1 Å². The van der Waals surface area contributed by atoms with Crippen LogP contribution in [0.4, 0.5) is 0 Å². The fraction of sp³-hybridized carbons (Fsp3) is 0.400. The van der Waals surface area contributed by atoms with E-state index in [0.717, 1.165) is 5.20 Å². The van der Waals surface area contributed by atoms with Gasteiger partial charge >= 0.3 is 5.97 Å². The smallest absolute Gasteiger partial charge is 0.312 e. The average Bonchev–Trinajstić information content (AvgIpc) is 2.38. The molecule has 1 atom stereocenters. The third kappa shape index (κ3) is 3.10. The zero-order valence-corrected chi connectivity index (χ0v) is 12.7. The zero-order valence-electron chi connectivity index (χ0n) is 11.7. The maximum absolute atomic E-state index is 11.8. The number of hydrogen-bond donors (Lipinski definition) is 0. The molecular formula is C15H22O2Si. The number of rotatable bonds is 5. The topological polar surface area (TPSA) is 26.3 Å². The number of ether oxygens (including phenoxy) is 1. The Bertz CT molecular complexity index is 423. The van der Waals surface area contributed by atoms with Crippen LogP contribution in [0.1, 0.15) is 13.8 Å². The molecule has 0 spiro atoms. The number of benzene rings is 1. The van der Waals surface area contributed by atoms with Gasteiger partial charge in [-0.25, -0.2) is 0 Å². The second-order valence-corrected chi connectivity index (χ2v) is 9.46. The van der Waals surface area contributed by atoms with Crippen molar-refractivity contribution >= 4 is 19.2 Å². The molecule has 0 aliphatic heterocycles. The van der Waals surface area contributed by atoms with E-state index in [1.165, 1.54) is 5.19 Å². The predicted molar refractivity (Wildman–Crippen MR) is 78.5 cm³/mol. The highest BCUT2D eigenvalue weighted by molar-refractivity contribution is 6.95. The standard InChI is InChI=1S/C15H22O2Si/c1-6-17-15(16)12(2)13(3)18(4,5)14-10-8-7-9-11-14/h7-12H,3,6H2,1-2,4-5H3. The highest BCUT2D eigenvalue weighted by atomic mass is 28.3. The summed E-state index contributed by atoms with van der Waals surface area (Å²) in [6, 6.07) is 10.3. The van der Waals surface area contributed by atoms with Crippen LogP contribution < -0.4 is 5.19 Å². The zero-order chi connectivity index (χ0) is 13.8. The van der Waals surface area contributed by atoms with E-state index in [1.54, 1.807) is 0 Å². The molecule has 1 unspecified atom stereocenters. The van der Waals surface area contributed by atoms with Gasteiger partial charge in [-0.05, 0) is 13.8 Å². The van der Waals surface area contributed by atoms with Gasteiger partial charge in [0.2, 0.25) is 0 Å². The van der Waals surface area contributed by atoms with Crippen molar-refractivity contribution in [1.29, 1.82) is 0 Å². The lowest BCUT2D eigenvalue weighted by Crippen LogP contribution is -2.46. The van der Waals surface area contributed by atoms with Crippen molar-refractivity contribution in [3.05, 3.63) is 42.1 Å². The summed E-state index contributed by atoms with van der Waals surface area (Å²) in [5.41, 5.74) is 0. The highest BCUT2D eigenvalue weighted by Gasteiger charge is 2.33. The summed E-state index contributed by atoms with van der Waals surface area (Å²) in [6.07, 6.45) is 0. The molecule has 0 amide bonds. The lowest BCUT2D eigenvalue weighted by molar-refractivity contribution is -0.145. The van der Waals surface area contributed by atoms with E-state index in [4.69, 9.17) is 4.74 Å². The van der Waals surface area contributed by atoms with E-state index in [9.17, 15) is 4.79 Å². The molecular weight excluding hydrogens is 240 g/mol. The molecule has 0 fully saturated rings. The summed E-state index contributed by atoms with van der Waals surface area (Å²) in [7, 11) is -1.83. The summed E-state index contributed by atoms with van der Waals surface area (Å²) < 4.78 is 5.08. The molecule has 0 radical (unpaired) electrons. The highest BCUT2D eigenvalue weighted by Crippen LogP contribution is 2.22. The molecule has 0 aliphatic carbocycles. The fourth-order valence-corrected chi connectivity index (χ4v) is 4.59. The Morgan fingerprint density at radius 1 is 1.33 bits per heavy atom. The molecule has 2 nitrogen and oxygen atoms in total. The van der Waals surface area contributed by atoms with Gasteiger partial charge in [0.1, 0.15) is 8.07 Å². The maximum Gasteiger partial charge on any atom is 0.312 e. The Kier molecular flexibility index (Phi) is 4.90. The maximum atomic E-state index is 11.8. The molecule has 98 valence electrons.